The minimum atomic E-state index is -0.637. The SMILES string of the molecule is COC(=O)c1cc(NC(=O)C2CCCN(CC(=O)Nc3nc(C)c(C)s3)C2)cc(C(=O)OC)c1. The maximum absolute atomic E-state index is 13.0. The summed E-state index contributed by atoms with van der Waals surface area (Å²) in [4.78, 5) is 56.7. The van der Waals surface area contributed by atoms with Crippen LogP contribution >= 0.6 is 11.3 Å². The third-order valence-corrected chi connectivity index (χ3v) is 6.55. The van der Waals surface area contributed by atoms with E-state index in [0.29, 0.717) is 24.6 Å². The lowest BCUT2D eigenvalue weighted by atomic mass is 9.97. The van der Waals surface area contributed by atoms with Crippen LogP contribution in [0.15, 0.2) is 18.2 Å². The Morgan fingerprint density at radius 1 is 1.06 bits per heavy atom. The average molecular weight is 489 g/mol. The number of aryl methyl sites for hydroxylation is 2. The molecule has 2 heterocycles. The number of aromatic nitrogens is 1. The molecular formula is C23H28N4O6S. The van der Waals surface area contributed by atoms with Gasteiger partial charge in [0.05, 0.1) is 43.5 Å². The first-order chi connectivity index (χ1) is 16.2. The first kappa shape index (κ1) is 25.3. The number of carbonyl (C=O) groups excluding carboxylic acids is 4. The number of anilines is 2. The van der Waals surface area contributed by atoms with E-state index in [1.807, 2.05) is 18.7 Å². The fourth-order valence-corrected chi connectivity index (χ4v) is 4.55. The van der Waals surface area contributed by atoms with Crippen LogP contribution < -0.4 is 10.6 Å². The number of benzene rings is 1. The second-order valence-electron chi connectivity index (χ2n) is 8.05. The van der Waals surface area contributed by atoms with Crippen LogP contribution in [0.3, 0.4) is 0 Å². The van der Waals surface area contributed by atoms with Crippen molar-refractivity contribution in [3.63, 3.8) is 0 Å². The summed E-state index contributed by atoms with van der Waals surface area (Å²) in [7, 11) is 2.46. The predicted molar refractivity (Wildman–Crippen MR) is 127 cm³/mol. The summed E-state index contributed by atoms with van der Waals surface area (Å²) < 4.78 is 9.46. The molecule has 0 aliphatic carbocycles. The summed E-state index contributed by atoms with van der Waals surface area (Å²) in [5.41, 5.74) is 1.42. The van der Waals surface area contributed by atoms with Crippen molar-refractivity contribution in [2.45, 2.75) is 26.7 Å². The number of hydrogen-bond acceptors (Lipinski definition) is 9. The molecule has 10 nitrogen and oxygen atoms in total. The van der Waals surface area contributed by atoms with Gasteiger partial charge in [0.2, 0.25) is 11.8 Å². The molecule has 3 rings (SSSR count). The standard InChI is InChI=1S/C23H28N4O6S/c1-13-14(2)34-23(24-13)26-19(28)12-27-7-5-6-15(11-27)20(29)25-18-9-16(21(30)32-3)8-17(10-18)22(31)33-4/h8-10,15H,5-7,11-12H2,1-4H3,(H,25,29)(H,24,26,28). The van der Waals surface area contributed by atoms with Crippen molar-refractivity contribution in [2.24, 2.45) is 5.92 Å². The Hall–Kier alpha value is -3.31. The van der Waals surface area contributed by atoms with Crippen LogP contribution in [0, 0.1) is 19.8 Å². The van der Waals surface area contributed by atoms with E-state index in [1.54, 1.807) is 0 Å². The minimum absolute atomic E-state index is 0.121. The second-order valence-corrected chi connectivity index (χ2v) is 9.26. The molecule has 2 N–H and O–H groups in total. The highest BCUT2D eigenvalue weighted by Crippen LogP contribution is 2.23. The number of methoxy groups -OCH3 is 2. The van der Waals surface area contributed by atoms with Gasteiger partial charge in [0.15, 0.2) is 5.13 Å². The lowest BCUT2D eigenvalue weighted by Crippen LogP contribution is -2.44. The number of nitrogens with zero attached hydrogens (tertiary/aromatic N) is 2. The van der Waals surface area contributed by atoms with Crippen LogP contribution in [0.4, 0.5) is 10.8 Å². The van der Waals surface area contributed by atoms with Crippen molar-refractivity contribution >= 4 is 45.9 Å². The average Bonchev–Trinajstić information content (AvgIpc) is 3.13. The van der Waals surface area contributed by atoms with Crippen LogP contribution in [-0.2, 0) is 19.1 Å². The number of piperidine rings is 1. The van der Waals surface area contributed by atoms with E-state index in [4.69, 9.17) is 9.47 Å². The molecule has 1 unspecified atom stereocenters. The number of ether oxygens (including phenoxy) is 2. The van der Waals surface area contributed by atoms with Crippen LogP contribution in [0.1, 0.15) is 44.1 Å². The fraction of sp³-hybridized carbons (Fsp3) is 0.435. The van der Waals surface area contributed by atoms with Crippen LogP contribution in [0.25, 0.3) is 0 Å². The Bertz CT molecular complexity index is 1050. The highest BCUT2D eigenvalue weighted by Gasteiger charge is 2.27. The molecule has 1 aliphatic rings. The van der Waals surface area contributed by atoms with Crippen molar-refractivity contribution in [3.8, 4) is 0 Å². The molecule has 1 saturated heterocycles. The van der Waals surface area contributed by atoms with Crippen molar-refractivity contribution in [3.05, 3.63) is 39.9 Å². The van der Waals surface area contributed by atoms with Gasteiger partial charge in [0.25, 0.3) is 0 Å². The molecule has 34 heavy (non-hydrogen) atoms. The van der Waals surface area contributed by atoms with Crippen LogP contribution in [-0.4, -0.2) is 67.5 Å². The molecule has 1 aliphatic heterocycles. The summed E-state index contributed by atoms with van der Waals surface area (Å²) in [6.45, 7) is 5.12. The molecule has 182 valence electrons. The summed E-state index contributed by atoms with van der Waals surface area (Å²) in [5.74, 6) is -2.06. The zero-order valence-corrected chi connectivity index (χ0v) is 20.4. The number of amides is 2. The topological polar surface area (TPSA) is 127 Å². The van der Waals surface area contributed by atoms with Gasteiger partial charge in [0, 0.05) is 17.1 Å². The summed E-state index contributed by atoms with van der Waals surface area (Å²) >= 11 is 1.43. The van der Waals surface area contributed by atoms with Crippen LogP contribution in [0.2, 0.25) is 0 Å². The van der Waals surface area contributed by atoms with Gasteiger partial charge in [-0.3, -0.25) is 14.5 Å². The number of rotatable bonds is 7. The highest BCUT2D eigenvalue weighted by atomic mass is 32.1. The lowest BCUT2D eigenvalue weighted by molar-refractivity contribution is -0.123. The molecule has 0 saturated carbocycles. The third kappa shape index (κ3) is 6.39. The molecule has 0 spiro atoms. The molecule has 1 fully saturated rings. The van der Waals surface area contributed by atoms with Crippen molar-refractivity contribution in [1.82, 2.24) is 9.88 Å². The van der Waals surface area contributed by atoms with Crippen molar-refractivity contribution in [2.75, 3.05) is 44.5 Å². The second kappa shape index (κ2) is 11.2. The molecule has 2 aromatic rings. The van der Waals surface area contributed by atoms with E-state index >= 15 is 0 Å². The lowest BCUT2D eigenvalue weighted by Gasteiger charge is -2.31. The van der Waals surface area contributed by atoms with Gasteiger partial charge in [0.1, 0.15) is 0 Å². The monoisotopic (exact) mass is 488 g/mol. The van der Waals surface area contributed by atoms with Gasteiger partial charge in [-0.1, -0.05) is 0 Å². The molecule has 11 heteroatoms. The first-order valence-corrected chi connectivity index (χ1v) is 11.6. The normalized spacial score (nSPS) is 15.9. The Balaban J connectivity index is 1.63. The van der Waals surface area contributed by atoms with Gasteiger partial charge in [-0.25, -0.2) is 14.6 Å². The van der Waals surface area contributed by atoms with Crippen LogP contribution in [0.5, 0.6) is 0 Å². The Morgan fingerprint density at radius 3 is 2.26 bits per heavy atom. The van der Waals surface area contributed by atoms with Gasteiger partial charge in [-0.2, -0.15) is 0 Å². The molecule has 0 bridgehead atoms. The van der Waals surface area contributed by atoms with E-state index in [1.165, 1.54) is 43.8 Å². The minimum Gasteiger partial charge on any atom is -0.465 e. The van der Waals surface area contributed by atoms with Gasteiger partial charge in [-0.05, 0) is 51.4 Å². The Labute approximate surface area is 201 Å². The predicted octanol–water partition coefficient (Wildman–Crippen LogP) is 2.62. The van der Waals surface area contributed by atoms with Crippen molar-refractivity contribution in [1.29, 1.82) is 0 Å². The van der Waals surface area contributed by atoms with E-state index in [0.717, 1.165) is 17.0 Å². The number of esters is 2. The Morgan fingerprint density at radius 2 is 1.71 bits per heavy atom. The molecule has 2 amide bonds. The highest BCUT2D eigenvalue weighted by molar-refractivity contribution is 7.15. The zero-order valence-electron chi connectivity index (χ0n) is 19.6. The zero-order chi connectivity index (χ0) is 24.8. The summed E-state index contributed by atoms with van der Waals surface area (Å²) in [6, 6.07) is 4.24. The number of thiazole rings is 1. The molecule has 1 aromatic carbocycles. The number of hydrogen-bond donors (Lipinski definition) is 2. The maximum atomic E-state index is 13.0. The van der Waals surface area contributed by atoms with E-state index in [-0.39, 0.29) is 41.1 Å². The number of likely N-dealkylation sites (tertiary alicyclic amines) is 1. The molecule has 1 atom stereocenters. The quantitative estimate of drug-likeness (QED) is 0.570. The van der Waals surface area contributed by atoms with Gasteiger partial charge >= 0.3 is 11.9 Å². The Kier molecular flexibility index (Phi) is 8.35. The molecular weight excluding hydrogens is 460 g/mol. The maximum Gasteiger partial charge on any atom is 0.337 e. The summed E-state index contributed by atoms with van der Waals surface area (Å²) in [5, 5.41) is 6.17. The smallest absolute Gasteiger partial charge is 0.337 e. The number of nitrogens with one attached hydrogen (secondary N) is 2. The van der Waals surface area contributed by atoms with Gasteiger partial charge < -0.3 is 20.1 Å². The molecule has 1 aromatic heterocycles. The largest absolute Gasteiger partial charge is 0.465 e. The van der Waals surface area contributed by atoms with Crippen molar-refractivity contribution < 1.29 is 28.7 Å². The number of carbonyl (C=O) groups is 4. The van der Waals surface area contributed by atoms with E-state index < -0.39 is 11.9 Å². The summed E-state index contributed by atoms with van der Waals surface area (Å²) in [6.07, 6.45) is 1.42. The van der Waals surface area contributed by atoms with E-state index in [2.05, 4.69) is 15.6 Å². The van der Waals surface area contributed by atoms with E-state index in [9.17, 15) is 19.2 Å². The fourth-order valence-electron chi connectivity index (χ4n) is 3.72. The van der Waals surface area contributed by atoms with Gasteiger partial charge in [-0.15, -0.1) is 11.3 Å². The third-order valence-electron chi connectivity index (χ3n) is 5.56. The molecule has 0 radical (unpaired) electrons. The first-order valence-electron chi connectivity index (χ1n) is 10.8.